The fourth-order valence-electron chi connectivity index (χ4n) is 1.97. The van der Waals surface area contributed by atoms with Crippen LogP contribution in [0.4, 0.5) is 10.1 Å². The molecule has 0 saturated heterocycles. The van der Waals surface area contributed by atoms with E-state index in [4.69, 9.17) is 11.6 Å². The third-order valence-corrected chi connectivity index (χ3v) is 5.30. The van der Waals surface area contributed by atoms with Crippen molar-refractivity contribution in [2.45, 2.75) is 31.2 Å². The van der Waals surface area contributed by atoms with Gasteiger partial charge in [-0.15, -0.1) is 0 Å². The average molecular weight is 385 g/mol. The highest BCUT2D eigenvalue weighted by molar-refractivity contribution is 7.92. The molecule has 0 saturated carbocycles. The average Bonchev–Trinajstić information content (AvgIpc) is 2.56. The van der Waals surface area contributed by atoms with Crippen molar-refractivity contribution in [3.63, 3.8) is 0 Å². The lowest BCUT2D eigenvalue weighted by molar-refractivity contribution is 0.0939. The molecule has 0 aliphatic heterocycles. The molecule has 0 aromatic heterocycles. The molecule has 0 fully saturated rings. The Morgan fingerprint density at radius 3 is 2.44 bits per heavy atom. The van der Waals surface area contributed by atoms with Crippen LogP contribution >= 0.6 is 11.6 Å². The van der Waals surface area contributed by atoms with E-state index in [2.05, 4.69) is 10.0 Å². The van der Waals surface area contributed by atoms with Crippen molar-refractivity contribution in [1.29, 1.82) is 0 Å². The fourth-order valence-corrected chi connectivity index (χ4v) is 3.26. The molecule has 0 bridgehead atoms. The highest BCUT2D eigenvalue weighted by Gasteiger charge is 2.18. The predicted molar refractivity (Wildman–Crippen MR) is 95.9 cm³/mol. The summed E-state index contributed by atoms with van der Waals surface area (Å²) in [6.45, 7) is 3.81. The molecule has 0 radical (unpaired) electrons. The standard InChI is InChI=1S/C17H18ClFN2O3S/c1-3-11(2)20-17(22)12-4-9-15(18)16(10-12)21-25(23,24)14-7-5-13(19)6-8-14/h4-11,21H,3H2,1-2H3,(H,20,22). The number of hydrogen-bond acceptors (Lipinski definition) is 3. The van der Waals surface area contributed by atoms with E-state index in [0.717, 1.165) is 30.7 Å². The number of carbonyl (C=O) groups excluding carboxylic acids is 1. The molecule has 2 aromatic rings. The van der Waals surface area contributed by atoms with Gasteiger partial charge < -0.3 is 5.32 Å². The predicted octanol–water partition coefficient (Wildman–Crippen LogP) is 3.81. The number of halogens is 2. The van der Waals surface area contributed by atoms with Crippen molar-refractivity contribution in [3.8, 4) is 0 Å². The molecule has 0 aliphatic carbocycles. The second kappa shape index (κ2) is 7.84. The van der Waals surface area contributed by atoms with Crippen LogP contribution in [0, 0.1) is 5.82 Å². The summed E-state index contributed by atoms with van der Waals surface area (Å²) in [5, 5.41) is 2.94. The van der Waals surface area contributed by atoms with E-state index in [1.165, 1.54) is 18.2 Å². The summed E-state index contributed by atoms with van der Waals surface area (Å²) in [7, 11) is -3.96. The van der Waals surface area contributed by atoms with E-state index in [0.29, 0.717) is 0 Å². The van der Waals surface area contributed by atoms with Crippen LogP contribution in [0.2, 0.25) is 5.02 Å². The van der Waals surface area contributed by atoms with Crippen LogP contribution in [0.3, 0.4) is 0 Å². The van der Waals surface area contributed by atoms with Crippen molar-refractivity contribution in [3.05, 3.63) is 58.9 Å². The first-order valence-electron chi connectivity index (χ1n) is 7.61. The van der Waals surface area contributed by atoms with Crippen molar-refractivity contribution in [2.75, 3.05) is 4.72 Å². The summed E-state index contributed by atoms with van der Waals surface area (Å²) in [5.74, 6) is -0.867. The molecule has 1 atom stereocenters. The van der Waals surface area contributed by atoms with Crippen LogP contribution in [-0.4, -0.2) is 20.4 Å². The van der Waals surface area contributed by atoms with Crippen molar-refractivity contribution in [2.24, 2.45) is 0 Å². The molecule has 5 nitrogen and oxygen atoms in total. The largest absolute Gasteiger partial charge is 0.350 e. The van der Waals surface area contributed by atoms with Gasteiger partial charge in [-0.1, -0.05) is 18.5 Å². The van der Waals surface area contributed by atoms with E-state index in [-0.39, 0.29) is 33.1 Å². The van der Waals surface area contributed by atoms with Crippen molar-refractivity contribution in [1.82, 2.24) is 5.32 Å². The first kappa shape index (κ1) is 19.2. The van der Waals surface area contributed by atoms with E-state index in [9.17, 15) is 17.6 Å². The Hall–Kier alpha value is -2.12. The molecule has 25 heavy (non-hydrogen) atoms. The lowest BCUT2D eigenvalue weighted by atomic mass is 10.1. The molecule has 0 aliphatic rings. The van der Waals surface area contributed by atoms with Crippen molar-refractivity contribution < 1.29 is 17.6 Å². The van der Waals surface area contributed by atoms with Crippen molar-refractivity contribution >= 4 is 33.2 Å². The van der Waals surface area contributed by atoms with E-state index >= 15 is 0 Å². The summed E-state index contributed by atoms with van der Waals surface area (Å²) in [6.07, 6.45) is 0.767. The smallest absolute Gasteiger partial charge is 0.261 e. The summed E-state index contributed by atoms with van der Waals surface area (Å²) < 4.78 is 40.0. The minimum Gasteiger partial charge on any atom is -0.350 e. The third-order valence-electron chi connectivity index (χ3n) is 3.59. The van der Waals surface area contributed by atoms with Gasteiger partial charge in [-0.25, -0.2) is 12.8 Å². The molecule has 1 unspecified atom stereocenters. The van der Waals surface area contributed by atoms with Gasteiger partial charge in [-0.05, 0) is 55.8 Å². The monoisotopic (exact) mass is 384 g/mol. The summed E-state index contributed by atoms with van der Waals surface area (Å²) >= 11 is 6.03. The van der Waals surface area contributed by atoms with Crippen LogP contribution in [0.1, 0.15) is 30.6 Å². The summed E-state index contributed by atoms with van der Waals surface area (Å²) in [5.41, 5.74) is 0.351. The molecule has 2 N–H and O–H groups in total. The number of rotatable bonds is 6. The maximum atomic E-state index is 13.0. The van der Waals surface area contributed by atoms with Crippen LogP contribution in [0.25, 0.3) is 0 Å². The minimum atomic E-state index is -3.96. The first-order valence-corrected chi connectivity index (χ1v) is 9.48. The van der Waals surface area contributed by atoms with Crippen LogP contribution in [0.15, 0.2) is 47.4 Å². The lowest BCUT2D eigenvalue weighted by Crippen LogP contribution is -2.31. The minimum absolute atomic E-state index is 0.0115. The number of sulfonamides is 1. The Bertz CT molecular complexity index is 870. The van der Waals surface area contributed by atoms with Gasteiger partial charge in [-0.2, -0.15) is 0 Å². The molecule has 1 amide bonds. The Balaban J connectivity index is 2.28. The van der Waals surface area contributed by atoms with Gasteiger partial charge in [-0.3, -0.25) is 9.52 Å². The topological polar surface area (TPSA) is 75.3 Å². The highest BCUT2D eigenvalue weighted by atomic mass is 35.5. The van der Waals surface area contributed by atoms with Gasteiger partial charge in [0.15, 0.2) is 0 Å². The fraction of sp³-hybridized carbons (Fsp3) is 0.235. The van der Waals surface area contributed by atoms with Crippen LogP contribution in [0.5, 0.6) is 0 Å². The maximum Gasteiger partial charge on any atom is 0.261 e. The highest BCUT2D eigenvalue weighted by Crippen LogP contribution is 2.26. The summed E-state index contributed by atoms with van der Waals surface area (Å²) in [6, 6.07) is 8.68. The molecular formula is C17H18ClFN2O3S. The number of carbonyl (C=O) groups is 1. The van der Waals surface area contributed by atoms with E-state index in [1.54, 1.807) is 0 Å². The molecule has 134 valence electrons. The SMILES string of the molecule is CCC(C)NC(=O)c1ccc(Cl)c(NS(=O)(=O)c2ccc(F)cc2)c1. The molecule has 2 rings (SSSR count). The molecule has 8 heteroatoms. The zero-order chi connectivity index (χ0) is 18.6. The van der Waals surface area contributed by atoms with Gasteiger partial charge in [0.2, 0.25) is 0 Å². The van der Waals surface area contributed by atoms with Gasteiger partial charge >= 0.3 is 0 Å². The molecular weight excluding hydrogens is 367 g/mol. The van der Waals surface area contributed by atoms with Crippen LogP contribution in [-0.2, 0) is 10.0 Å². The summed E-state index contributed by atoms with van der Waals surface area (Å²) in [4.78, 5) is 12.1. The number of amides is 1. The number of nitrogens with one attached hydrogen (secondary N) is 2. The Morgan fingerprint density at radius 1 is 1.20 bits per heavy atom. The second-order valence-corrected chi connectivity index (χ2v) is 7.63. The zero-order valence-electron chi connectivity index (χ0n) is 13.7. The lowest BCUT2D eigenvalue weighted by Gasteiger charge is -2.14. The van der Waals surface area contributed by atoms with Gasteiger partial charge in [0.1, 0.15) is 5.82 Å². The molecule has 0 spiro atoms. The molecule has 2 aromatic carbocycles. The van der Waals surface area contributed by atoms with E-state index < -0.39 is 15.8 Å². The Labute approximate surface area is 151 Å². The molecule has 0 heterocycles. The quantitative estimate of drug-likeness (QED) is 0.795. The maximum absolute atomic E-state index is 13.0. The van der Waals surface area contributed by atoms with E-state index in [1.807, 2.05) is 13.8 Å². The number of hydrogen-bond donors (Lipinski definition) is 2. The Kier molecular flexibility index (Phi) is 6.02. The number of benzene rings is 2. The first-order chi connectivity index (χ1) is 11.7. The van der Waals surface area contributed by atoms with Gasteiger partial charge in [0.05, 0.1) is 15.6 Å². The number of anilines is 1. The van der Waals surface area contributed by atoms with Gasteiger partial charge in [0.25, 0.3) is 15.9 Å². The van der Waals surface area contributed by atoms with Crippen LogP contribution < -0.4 is 10.0 Å². The third kappa shape index (κ3) is 4.93. The Morgan fingerprint density at radius 2 is 1.84 bits per heavy atom. The van der Waals surface area contributed by atoms with Gasteiger partial charge in [0, 0.05) is 11.6 Å². The zero-order valence-corrected chi connectivity index (χ0v) is 15.3. The second-order valence-electron chi connectivity index (χ2n) is 5.54. The normalized spacial score (nSPS) is 12.5.